The van der Waals surface area contributed by atoms with E-state index < -0.39 is 0 Å². The summed E-state index contributed by atoms with van der Waals surface area (Å²) in [6, 6.07) is 0.557. The monoisotopic (exact) mass is 410 g/mol. The standard InChI is InChI=1S/C22H30N6O2/c29-21(9-13-27-12-3-1-2-4-22(27)30)26-18-5-7-19(8-6-18)28-16-17(14-25-28)20-15-23-10-11-24-20/h10-11,14-16,18-19H,1-9,12-13H2,(H,26,29). The van der Waals surface area contributed by atoms with Gasteiger partial charge in [-0.25, -0.2) is 0 Å². The highest BCUT2D eigenvalue weighted by molar-refractivity contribution is 5.79. The van der Waals surface area contributed by atoms with Crippen molar-refractivity contribution in [1.29, 1.82) is 0 Å². The maximum absolute atomic E-state index is 12.4. The number of carbonyl (C=O) groups excluding carboxylic acids is 2. The molecule has 0 atom stereocenters. The molecular weight excluding hydrogens is 380 g/mol. The molecule has 8 nitrogen and oxygen atoms in total. The molecule has 2 fully saturated rings. The van der Waals surface area contributed by atoms with Gasteiger partial charge in [-0.3, -0.25) is 24.2 Å². The first-order valence-electron chi connectivity index (χ1n) is 11.1. The lowest BCUT2D eigenvalue weighted by atomic mass is 9.91. The topological polar surface area (TPSA) is 93.0 Å². The summed E-state index contributed by atoms with van der Waals surface area (Å²) >= 11 is 0. The minimum atomic E-state index is 0.0551. The number of nitrogens with zero attached hydrogens (tertiary/aromatic N) is 5. The molecule has 2 amide bonds. The van der Waals surface area contributed by atoms with Gasteiger partial charge in [0.05, 0.1) is 24.1 Å². The van der Waals surface area contributed by atoms with E-state index in [1.807, 2.05) is 22.0 Å². The average molecular weight is 411 g/mol. The number of carbonyl (C=O) groups is 2. The maximum Gasteiger partial charge on any atom is 0.222 e. The van der Waals surface area contributed by atoms with E-state index in [0.717, 1.165) is 62.7 Å². The Balaban J connectivity index is 1.21. The van der Waals surface area contributed by atoms with E-state index in [2.05, 4.69) is 20.4 Å². The fourth-order valence-electron chi connectivity index (χ4n) is 4.41. The summed E-state index contributed by atoms with van der Waals surface area (Å²) in [6.45, 7) is 1.33. The van der Waals surface area contributed by atoms with Crippen LogP contribution in [0.1, 0.15) is 63.8 Å². The van der Waals surface area contributed by atoms with Gasteiger partial charge in [0, 0.05) is 56.1 Å². The van der Waals surface area contributed by atoms with Gasteiger partial charge in [0.2, 0.25) is 11.8 Å². The zero-order valence-electron chi connectivity index (χ0n) is 17.4. The molecule has 1 saturated heterocycles. The van der Waals surface area contributed by atoms with Gasteiger partial charge in [-0.15, -0.1) is 0 Å². The van der Waals surface area contributed by atoms with E-state index in [9.17, 15) is 9.59 Å². The van der Waals surface area contributed by atoms with Crippen molar-refractivity contribution >= 4 is 11.8 Å². The highest BCUT2D eigenvalue weighted by atomic mass is 16.2. The number of likely N-dealkylation sites (tertiary alicyclic amines) is 1. The summed E-state index contributed by atoms with van der Waals surface area (Å²) in [6.07, 6.45) is 17.0. The molecule has 2 aliphatic rings. The Morgan fingerprint density at radius 2 is 1.97 bits per heavy atom. The van der Waals surface area contributed by atoms with Crippen LogP contribution in [-0.4, -0.2) is 55.6 Å². The predicted octanol–water partition coefficient (Wildman–Crippen LogP) is 2.73. The molecule has 2 aromatic heterocycles. The Bertz CT molecular complexity index is 844. The van der Waals surface area contributed by atoms with E-state index in [-0.39, 0.29) is 17.9 Å². The Morgan fingerprint density at radius 3 is 2.77 bits per heavy atom. The van der Waals surface area contributed by atoms with E-state index in [1.54, 1.807) is 18.6 Å². The lowest BCUT2D eigenvalue weighted by molar-refractivity contribution is -0.131. The highest BCUT2D eigenvalue weighted by Gasteiger charge is 2.25. The molecular formula is C22H30N6O2. The molecule has 1 N–H and O–H groups in total. The summed E-state index contributed by atoms with van der Waals surface area (Å²) in [5.41, 5.74) is 1.80. The molecule has 2 aromatic rings. The van der Waals surface area contributed by atoms with Crippen molar-refractivity contribution in [2.45, 2.75) is 69.9 Å². The number of amides is 2. The van der Waals surface area contributed by atoms with Crippen LogP contribution in [0.25, 0.3) is 11.3 Å². The number of nitrogens with one attached hydrogen (secondary N) is 1. The van der Waals surface area contributed by atoms with Crippen molar-refractivity contribution < 1.29 is 9.59 Å². The summed E-state index contributed by atoms with van der Waals surface area (Å²) in [5.74, 6) is 0.250. The van der Waals surface area contributed by atoms with Crippen LogP contribution in [0.2, 0.25) is 0 Å². The van der Waals surface area contributed by atoms with Crippen LogP contribution in [0.5, 0.6) is 0 Å². The lowest BCUT2D eigenvalue weighted by Gasteiger charge is -2.29. The molecule has 0 bridgehead atoms. The van der Waals surface area contributed by atoms with Crippen LogP contribution in [0.3, 0.4) is 0 Å². The average Bonchev–Trinajstić information content (AvgIpc) is 3.18. The third-order valence-corrected chi connectivity index (χ3v) is 6.18. The van der Waals surface area contributed by atoms with Gasteiger partial charge in [0.15, 0.2) is 0 Å². The summed E-state index contributed by atoms with van der Waals surface area (Å²) in [7, 11) is 0. The largest absolute Gasteiger partial charge is 0.353 e. The lowest BCUT2D eigenvalue weighted by Crippen LogP contribution is -2.40. The van der Waals surface area contributed by atoms with Crippen molar-refractivity contribution in [3.8, 4) is 11.3 Å². The Kier molecular flexibility index (Phi) is 6.71. The second-order valence-corrected chi connectivity index (χ2v) is 8.31. The van der Waals surface area contributed by atoms with Crippen LogP contribution in [0.15, 0.2) is 31.0 Å². The molecule has 30 heavy (non-hydrogen) atoms. The van der Waals surface area contributed by atoms with Crippen molar-refractivity contribution in [2.24, 2.45) is 0 Å². The van der Waals surface area contributed by atoms with E-state index in [1.165, 1.54) is 0 Å². The molecule has 3 heterocycles. The van der Waals surface area contributed by atoms with Crippen molar-refractivity contribution in [3.05, 3.63) is 31.0 Å². The molecule has 4 rings (SSSR count). The number of hydrogen-bond donors (Lipinski definition) is 1. The van der Waals surface area contributed by atoms with E-state index >= 15 is 0 Å². The summed E-state index contributed by atoms with van der Waals surface area (Å²) in [5, 5.41) is 7.69. The second kappa shape index (κ2) is 9.82. The Hall–Kier alpha value is -2.77. The van der Waals surface area contributed by atoms with Gasteiger partial charge < -0.3 is 10.2 Å². The first-order chi connectivity index (χ1) is 14.7. The molecule has 0 spiro atoms. The number of aromatic nitrogens is 4. The van der Waals surface area contributed by atoms with Crippen molar-refractivity contribution in [1.82, 2.24) is 30.0 Å². The Labute approximate surface area is 177 Å². The third kappa shape index (κ3) is 5.23. The first kappa shape index (κ1) is 20.5. The summed E-state index contributed by atoms with van der Waals surface area (Å²) in [4.78, 5) is 34.7. The maximum atomic E-state index is 12.4. The summed E-state index contributed by atoms with van der Waals surface area (Å²) < 4.78 is 2.02. The van der Waals surface area contributed by atoms with Crippen LogP contribution >= 0.6 is 0 Å². The normalized spacial score (nSPS) is 22.5. The minimum absolute atomic E-state index is 0.0551. The SMILES string of the molecule is O=C(CCN1CCCCCC1=O)NC1CCC(n2cc(-c3cnccn3)cn2)CC1. The predicted molar refractivity (Wildman–Crippen MR) is 112 cm³/mol. The van der Waals surface area contributed by atoms with E-state index in [4.69, 9.17) is 0 Å². The molecule has 0 aromatic carbocycles. The first-order valence-corrected chi connectivity index (χ1v) is 11.1. The van der Waals surface area contributed by atoms with Gasteiger partial charge >= 0.3 is 0 Å². The molecule has 1 aliphatic heterocycles. The third-order valence-electron chi connectivity index (χ3n) is 6.18. The van der Waals surface area contributed by atoms with Crippen LogP contribution in [0.4, 0.5) is 0 Å². The van der Waals surface area contributed by atoms with Crippen molar-refractivity contribution in [3.63, 3.8) is 0 Å². The van der Waals surface area contributed by atoms with Gasteiger partial charge in [0.25, 0.3) is 0 Å². The fourth-order valence-corrected chi connectivity index (χ4v) is 4.41. The van der Waals surface area contributed by atoms with Crippen LogP contribution in [-0.2, 0) is 9.59 Å². The van der Waals surface area contributed by atoms with Gasteiger partial charge in [-0.05, 0) is 38.5 Å². The quantitative estimate of drug-likeness (QED) is 0.790. The molecule has 0 radical (unpaired) electrons. The van der Waals surface area contributed by atoms with Gasteiger partial charge in [0.1, 0.15) is 0 Å². The second-order valence-electron chi connectivity index (χ2n) is 8.31. The molecule has 1 saturated carbocycles. The Morgan fingerprint density at radius 1 is 1.10 bits per heavy atom. The number of hydrogen-bond acceptors (Lipinski definition) is 5. The van der Waals surface area contributed by atoms with Gasteiger partial charge in [-0.1, -0.05) is 6.42 Å². The molecule has 8 heteroatoms. The van der Waals surface area contributed by atoms with Gasteiger partial charge in [-0.2, -0.15) is 5.10 Å². The smallest absolute Gasteiger partial charge is 0.222 e. The zero-order valence-corrected chi connectivity index (χ0v) is 17.4. The molecule has 160 valence electrons. The molecule has 1 aliphatic carbocycles. The van der Waals surface area contributed by atoms with E-state index in [0.29, 0.717) is 25.4 Å². The fraction of sp³-hybridized carbons (Fsp3) is 0.591. The van der Waals surface area contributed by atoms with Crippen LogP contribution < -0.4 is 5.32 Å². The van der Waals surface area contributed by atoms with Crippen LogP contribution in [0, 0.1) is 0 Å². The highest BCUT2D eigenvalue weighted by Crippen LogP contribution is 2.29. The number of rotatable bonds is 6. The zero-order chi connectivity index (χ0) is 20.8. The molecule has 0 unspecified atom stereocenters. The van der Waals surface area contributed by atoms with Crippen molar-refractivity contribution in [2.75, 3.05) is 13.1 Å². The minimum Gasteiger partial charge on any atom is -0.353 e.